The second-order valence-corrected chi connectivity index (χ2v) is 7.72. The number of benzene rings is 1. The third-order valence-corrected chi connectivity index (χ3v) is 4.24. The molecule has 128 valence electrons. The Morgan fingerprint density at radius 1 is 1.20 bits per heavy atom. The van der Waals surface area contributed by atoms with Crippen molar-refractivity contribution in [3.8, 4) is 17.3 Å². The topological polar surface area (TPSA) is 63.6 Å². The van der Waals surface area contributed by atoms with Gasteiger partial charge in [0, 0.05) is 19.2 Å². The van der Waals surface area contributed by atoms with Gasteiger partial charge < -0.3 is 0 Å². The number of halogens is 1. The maximum absolute atomic E-state index is 12.6. The highest BCUT2D eigenvalue weighted by molar-refractivity contribution is 6.29. The van der Waals surface area contributed by atoms with Gasteiger partial charge in [0.1, 0.15) is 11.2 Å². The molecule has 5 nitrogen and oxygen atoms in total. The number of aryl methyl sites for hydroxylation is 1. The summed E-state index contributed by atoms with van der Waals surface area (Å²) in [6.45, 7) is 6.92. The van der Waals surface area contributed by atoms with Gasteiger partial charge in [-0.2, -0.15) is 5.26 Å². The average Bonchev–Trinajstić information content (AvgIpc) is 2.78. The summed E-state index contributed by atoms with van der Waals surface area (Å²) in [7, 11) is 1.75. The van der Waals surface area contributed by atoms with E-state index >= 15 is 0 Å². The van der Waals surface area contributed by atoms with Crippen molar-refractivity contribution in [3.05, 3.63) is 51.5 Å². The predicted octanol–water partition coefficient (Wildman–Crippen LogP) is 3.97. The van der Waals surface area contributed by atoms with Crippen LogP contribution in [-0.4, -0.2) is 14.1 Å². The normalized spacial score (nSPS) is 11.7. The molecule has 0 bridgehead atoms. The van der Waals surface area contributed by atoms with Crippen molar-refractivity contribution in [1.82, 2.24) is 14.1 Å². The van der Waals surface area contributed by atoms with E-state index in [1.54, 1.807) is 28.3 Å². The van der Waals surface area contributed by atoms with Crippen molar-refractivity contribution in [2.45, 2.75) is 27.3 Å². The minimum atomic E-state index is -0.0540. The second kappa shape index (κ2) is 6.05. The molecule has 25 heavy (non-hydrogen) atoms. The van der Waals surface area contributed by atoms with Crippen molar-refractivity contribution < 1.29 is 0 Å². The number of rotatable bonds is 2. The summed E-state index contributed by atoms with van der Waals surface area (Å²) >= 11 is 6.00. The first-order valence-corrected chi connectivity index (χ1v) is 8.35. The van der Waals surface area contributed by atoms with Crippen LogP contribution in [0.5, 0.6) is 0 Å². The number of imidazole rings is 1. The first kappa shape index (κ1) is 17.2. The molecule has 0 saturated heterocycles. The van der Waals surface area contributed by atoms with Crippen LogP contribution in [0.1, 0.15) is 26.3 Å². The molecule has 0 fully saturated rings. The van der Waals surface area contributed by atoms with Gasteiger partial charge in [0.05, 0.1) is 22.3 Å². The Balaban J connectivity index is 2.24. The summed E-state index contributed by atoms with van der Waals surface area (Å²) < 4.78 is 3.41. The van der Waals surface area contributed by atoms with Crippen LogP contribution in [0.15, 0.2) is 35.1 Å². The van der Waals surface area contributed by atoms with E-state index < -0.39 is 0 Å². The highest BCUT2D eigenvalue weighted by atomic mass is 35.5. The van der Waals surface area contributed by atoms with Crippen LogP contribution in [0.2, 0.25) is 5.15 Å². The molecule has 2 heterocycles. The molecule has 0 spiro atoms. The van der Waals surface area contributed by atoms with E-state index in [1.807, 2.05) is 18.2 Å². The summed E-state index contributed by atoms with van der Waals surface area (Å²) in [5.41, 5.74) is 3.33. The summed E-state index contributed by atoms with van der Waals surface area (Å²) in [6.07, 6.45) is 0. The van der Waals surface area contributed by atoms with Gasteiger partial charge >= 0.3 is 5.69 Å². The molecular formula is C19H19ClN4O. The molecule has 0 aliphatic heterocycles. The molecule has 0 aliphatic carbocycles. The molecule has 1 aromatic carbocycles. The number of aromatic nitrogens is 3. The van der Waals surface area contributed by atoms with Gasteiger partial charge in [-0.1, -0.05) is 38.4 Å². The van der Waals surface area contributed by atoms with Crippen molar-refractivity contribution >= 4 is 22.6 Å². The first-order chi connectivity index (χ1) is 11.7. The average molecular weight is 355 g/mol. The Bertz CT molecular complexity index is 1060. The smallest absolute Gasteiger partial charge is 0.295 e. The van der Waals surface area contributed by atoms with Crippen LogP contribution >= 0.6 is 11.6 Å². The summed E-state index contributed by atoms with van der Waals surface area (Å²) in [5.74, 6) is 0. The van der Waals surface area contributed by atoms with E-state index in [2.05, 4.69) is 31.8 Å². The summed E-state index contributed by atoms with van der Waals surface area (Å²) in [5, 5.41) is 9.65. The number of hydrogen-bond donors (Lipinski definition) is 0. The number of fused-ring (bicyclic) bond motifs is 1. The molecular weight excluding hydrogens is 336 g/mol. The third kappa shape index (κ3) is 3.18. The number of hydrogen-bond acceptors (Lipinski definition) is 3. The van der Waals surface area contributed by atoms with Crippen LogP contribution in [-0.2, 0) is 13.6 Å². The van der Waals surface area contributed by atoms with Gasteiger partial charge in [0.25, 0.3) is 0 Å². The maximum Gasteiger partial charge on any atom is 0.328 e. The van der Waals surface area contributed by atoms with Gasteiger partial charge in [0.2, 0.25) is 0 Å². The van der Waals surface area contributed by atoms with Gasteiger partial charge in [-0.3, -0.25) is 9.13 Å². The molecule has 0 atom stereocenters. The molecule has 2 aromatic heterocycles. The fraction of sp³-hybridized carbons (Fsp3) is 0.316. The third-order valence-electron chi connectivity index (χ3n) is 4.03. The predicted molar refractivity (Wildman–Crippen MR) is 99.6 cm³/mol. The zero-order valence-electron chi connectivity index (χ0n) is 14.7. The Kier molecular flexibility index (Phi) is 4.18. The van der Waals surface area contributed by atoms with Crippen LogP contribution in [0, 0.1) is 16.7 Å². The lowest BCUT2D eigenvalue weighted by Gasteiger charge is -2.18. The SMILES string of the molecule is Cn1c(=O)n(CC(C)(C)C)c2ccc(-c3nc(Cl)ccc3C#N)cc21. The molecule has 6 heteroatoms. The van der Waals surface area contributed by atoms with Crippen LogP contribution in [0.25, 0.3) is 22.3 Å². The minimum absolute atomic E-state index is 0.0146. The molecule has 0 N–H and O–H groups in total. The number of nitriles is 1. The Morgan fingerprint density at radius 3 is 2.56 bits per heavy atom. The second-order valence-electron chi connectivity index (χ2n) is 7.33. The van der Waals surface area contributed by atoms with E-state index in [9.17, 15) is 10.1 Å². The fourth-order valence-corrected chi connectivity index (χ4v) is 3.08. The quantitative estimate of drug-likeness (QED) is 0.654. The van der Waals surface area contributed by atoms with E-state index in [0.29, 0.717) is 23.0 Å². The summed E-state index contributed by atoms with van der Waals surface area (Å²) in [4.78, 5) is 16.9. The molecule has 0 amide bonds. The molecule has 0 radical (unpaired) electrons. The summed E-state index contributed by atoms with van der Waals surface area (Å²) in [6, 6.07) is 11.0. The molecule has 0 aliphatic rings. The van der Waals surface area contributed by atoms with Crippen LogP contribution in [0.3, 0.4) is 0 Å². The van der Waals surface area contributed by atoms with E-state index in [1.165, 1.54) is 0 Å². The molecule has 0 saturated carbocycles. The number of pyridine rings is 1. The van der Waals surface area contributed by atoms with Crippen molar-refractivity contribution in [3.63, 3.8) is 0 Å². The molecule has 0 unspecified atom stereocenters. The highest BCUT2D eigenvalue weighted by Gasteiger charge is 2.18. The van der Waals surface area contributed by atoms with Crippen LogP contribution < -0.4 is 5.69 Å². The van der Waals surface area contributed by atoms with Gasteiger partial charge in [-0.05, 0) is 29.7 Å². The largest absolute Gasteiger partial charge is 0.328 e. The Morgan fingerprint density at radius 2 is 1.92 bits per heavy atom. The standard InChI is InChI=1S/C19H19ClN4O/c1-19(2,3)11-24-14-7-5-12(9-15(14)23(4)18(24)25)17-13(10-21)6-8-16(20)22-17/h5-9H,11H2,1-4H3. The van der Waals surface area contributed by atoms with E-state index in [-0.39, 0.29) is 11.1 Å². The lowest BCUT2D eigenvalue weighted by atomic mass is 9.97. The van der Waals surface area contributed by atoms with Gasteiger partial charge in [0.15, 0.2) is 0 Å². The molecule has 3 rings (SSSR count). The fourth-order valence-electron chi connectivity index (χ4n) is 2.93. The zero-order valence-corrected chi connectivity index (χ0v) is 15.4. The van der Waals surface area contributed by atoms with Crippen molar-refractivity contribution in [2.75, 3.05) is 0 Å². The zero-order chi connectivity index (χ0) is 18.4. The van der Waals surface area contributed by atoms with E-state index in [0.717, 1.165) is 16.6 Å². The van der Waals surface area contributed by atoms with Gasteiger partial charge in [-0.15, -0.1) is 0 Å². The van der Waals surface area contributed by atoms with Crippen molar-refractivity contribution in [1.29, 1.82) is 5.26 Å². The molecule has 3 aromatic rings. The van der Waals surface area contributed by atoms with Gasteiger partial charge in [-0.25, -0.2) is 9.78 Å². The van der Waals surface area contributed by atoms with Crippen molar-refractivity contribution in [2.24, 2.45) is 12.5 Å². The van der Waals surface area contributed by atoms with Crippen LogP contribution in [0.4, 0.5) is 0 Å². The first-order valence-electron chi connectivity index (χ1n) is 7.97. The Labute approximate surface area is 151 Å². The Hall–Kier alpha value is -2.58. The number of nitrogens with zero attached hydrogens (tertiary/aromatic N) is 4. The maximum atomic E-state index is 12.6. The van der Waals surface area contributed by atoms with E-state index in [4.69, 9.17) is 11.6 Å². The lowest BCUT2D eigenvalue weighted by Crippen LogP contribution is -2.27. The minimum Gasteiger partial charge on any atom is -0.295 e. The lowest BCUT2D eigenvalue weighted by molar-refractivity contribution is 0.342. The monoisotopic (exact) mass is 354 g/mol. The highest BCUT2D eigenvalue weighted by Crippen LogP contribution is 2.27.